The molecular weight excluding hydrogens is 338 g/mol. The summed E-state index contributed by atoms with van der Waals surface area (Å²) in [7, 11) is 1.84. The zero-order chi connectivity index (χ0) is 19.4. The second kappa shape index (κ2) is 8.26. The first-order valence-electron chi connectivity index (χ1n) is 9.86. The van der Waals surface area contributed by atoms with Crippen LogP contribution in [0.2, 0.25) is 0 Å². The van der Waals surface area contributed by atoms with Gasteiger partial charge >= 0.3 is 0 Å². The van der Waals surface area contributed by atoms with E-state index in [1.807, 2.05) is 13.1 Å². The number of hydrogen-bond acceptors (Lipinski definition) is 3. The van der Waals surface area contributed by atoms with Crippen LogP contribution >= 0.6 is 0 Å². The molecule has 0 unspecified atom stereocenters. The molecular formula is C22H31N3O2. The molecule has 0 saturated carbocycles. The lowest BCUT2D eigenvalue weighted by Crippen LogP contribution is -2.44. The van der Waals surface area contributed by atoms with Gasteiger partial charge in [0.25, 0.3) is 5.91 Å². The molecule has 146 valence electrons. The first-order valence-corrected chi connectivity index (χ1v) is 9.86. The average Bonchev–Trinajstić information content (AvgIpc) is 3.00. The fourth-order valence-corrected chi connectivity index (χ4v) is 3.83. The molecule has 0 bridgehead atoms. The van der Waals surface area contributed by atoms with Crippen LogP contribution in [0.4, 0.5) is 0 Å². The Hall–Kier alpha value is -2.14. The smallest absolute Gasteiger partial charge is 0.269 e. The molecule has 1 aliphatic heterocycles. The zero-order valence-electron chi connectivity index (χ0n) is 16.9. The first-order chi connectivity index (χ1) is 12.9. The molecule has 2 heterocycles. The van der Waals surface area contributed by atoms with E-state index in [4.69, 9.17) is 4.74 Å². The third-order valence-corrected chi connectivity index (χ3v) is 5.48. The van der Waals surface area contributed by atoms with Gasteiger partial charge in [0.1, 0.15) is 5.69 Å². The van der Waals surface area contributed by atoms with E-state index < -0.39 is 0 Å². The number of hydrogen-bond donors (Lipinski definition) is 1. The van der Waals surface area contributed by atoms with Crippen molar-refractivity contribution in [3.05, 3.63) is 52.8 Å². The SMILES string of the molecule is Cc1ccc(C2(CNC(=O)c3cc(CC(C)C)nn3C)CCOCC2)cc1. The Morgan fingerprint density at radius 3 is 2.56 bits per heavy atom. The van der Waals surface area contributed by atoms with Gasteiger partial charge in [-0.25, -0.2) is 0 Å². The highest BCUT2D eigenvalue weighted by molar-refractivity contribution is 5.92. The van der Waals surface area contributed by atoms with E-state index in [0.717, 1.165) is 38.2 Å². The number of ether oxygens (including phenoxy) is 1. The van der Waals surface area contributed by atoms with E-state index in [1.165, 1.54) is 11.1 Å². The summed E-state index contributed by atoms with van der Waals surface area (Å²) in [5.41, 5.74) is 4.05. The summed E-state index contributed by atoms with van der Waals surface area (Å²) in [6.07, 6.45) is 2.71. The van der Waals surface area contributed by atoms with Crippen molar-refractivity contribution in [1.29, 1.82) is 0 Å². The number of rotatable bonds is 6. The maximum absolute atomic E-state index is 12.8. The number of carbonyl (C=O) groups is 1. The summed E-state index contributed by atoms with van der Waals surface area (Å²) in [5, 5.41) is 7.66. The van der Waals surface area contributed by atoms with Crippen molar-refractivity contribution >= 4 is 5.91 Å². The lowest BCUT2D eigenvalue weighted by atomic mass is 9.74. The van der Waals surface area contributed by atoms with Gasteiger partial charge in [-0.15, -0.1) is 0 Å². The molecule has 1 amide bonds. The number of carbonyl (C=O) groups excluding carboxylic acids is 1. The standard InChI is InChI=1S/C22H31N3O2/c1-16(2)13-19-14-20(25(4)24-19)21(26)23-15-22(9-11-27-12-10-22)18-7-5-17(3)6-8-18/h5-8,14,16H,9-13,15H2,1-4H3,(H,23,26). The summed E-state index contributed by atoms with van der Waals surface area (Å²) >= 11 is 0. The molecule has 1 N–H and O–H groups in total. The van der Waals surface area contributed by atoms with Crippen LogP contribution in [0.3, 0.4) is 0 Å². The van der Waals surface area contributed by atoms with E-state index in [2.05, 4.69) is 55.5 Å². The molecule has 1 fully saturated rings. The molecule has 5 heteroatoms. The van der Waals surface area contributed by atoms with Crippen molar-refractivity contribution in [3.8, 4) is 0 Å². The molecule has 0 aliphatic carbocycles. The van der Waals surface area contributed by atoms with Gasteiger partial charge in [-0.05, 0) is 43.7 Å². The first kappa shape index (κ1) is 19.6. The Morgan fingerprint density at radius 1 is 1.26 bits per heavy atom. The summed E-state index contributed by atoms with van der Waals surface area (Å²) in [6, 6.07) is 10.6. The fourth-order valence-electron chi connectivity index (χ4n) is 3.83. The highest BCUT2D eigenvalue weighted by Crippen LogP contribution is 2.34. The number of nitrogens with zero attached hydrogens (tertiary/aromatic N) is 2. The normalized spacial score (nSPS) is 16.5. The second-order valence-electron chi connectivity index (χ2n) is 8.18. The van der Waals surface area contributed by atoms with Gasteiger partial charge in [0.2, 0.25) is 0 Å². The highest BCUT2D eigenvalue weighted by atomic mass is 16.5. The quantitative estimate of drug-likeness (QED) is 0.849. The molecule has 1 saturated heterocycles. The Labute approximate surface area is 162 Å². The van der Waals surface area contributed by atoms with Crippen molar-refractivity contribution in [2.75, 3.05) is 19.8 Å². The fraction of sp³-hybridized carbons (Fsp3) is 0.545. The summed E-state index contributed by atoms with van der Waals surface area (Å²) < 4.78 is 7.28. The molecule has 1 aromatic heterocycles. The Balaban J connectivity index is 1.75. The Kier molecular flexibility index (Phi) is 6.00. The van der Waals surface area contributed by atoms with Crippen molar-refractivity contribution in [2.24, 2.45) is 13.0 Å². The molecule has 1 aromatic carbocycles. The van der Waals surface area contributed by atoms with Gasteiger partial charge in [0.15, 0.2) is 0 Å². The number of nitrogens with one attached hydrogen (secondary N) is 1. The van der Waals surface area contributed by atoms with Crippen molar-refractivity contribution in [2.45, 2.75) is 45.4 Å². The highest BCUT2D eigenvalue weighted by Gasteiger charge is 2.35. The van der Waals surface area contributed by atoms with Crippen molar-refractivity contribution < 1.29 is 9.53 Å². The molecule has 2 aromatic rings. The van der Waals surface area contributed by atoms with Crippen LogP contribution in [0.15, 0.2) is 30.3 Å². The molecule has 5 nitrogen and oxygen atoms in total. The van der Waals surface area contributed by atoms with Gasteiger partial charge in [0, 0.05) is 32.2 Å². The Morgan fingerprint density at radius 2 is 1.93 bits per heavy atom. The van der Waals surface area contributed by atoms with Crippen LogP contribution in [0, 0.1) is 12.8 Å². The summed E-state index contributed by atoms with van der Waals surface area (Å²) in [5.74, 6) is 0.459. The van der Waals surface area contributed by atoms with Crippen LogP contribution < -0.4 is 5.32 Å². The van der Waals surface area contributed by atoms with Crippen LogP contribution in [0.25, 0.3) is 0 Å². The molecule has 27 heavy (non-hydrogen) atoms. The predicted molar refractivity (Wildman–Crippen MR) is 107 cm³/mol. The topological polar surface area (TPSA) is 56.2 Å². The van der Waals surface area contributed by atoms with E-state index in [0.29, 0.717) is 18.2 Å². The van der Waals surface area contributed by atoms with Crippen LogP contribution in [-0.4, -0.2) is 35.4 Å². The van der Waals surface area contributed by atoms with Gasteiger partial charge in [-0.1, -0.05) is 43.7 Å². The van der Waals surface area contributed by atoms with Crippen molar-refractivity contribution in [1.82, 2.24) is 15.1 Å². The number of aromatic nitrogens is 2. The molecule has 3 rings (SSSR count). The maximum atomic E-state index is 12.8. The summed E-state index contributed by atoms with van der Waals surface area (Å²) in [4.78, 5) is 12.8. The minimum absolute atomic E-state index is 0.0574. The lowest BCUT2D eigenvalue weighted by molar-refractivity contribution is 0.0486. The lowest BCUT2D eigenvalue weighted by Gasteiger charge is -2.38. The number of aryl methyl sites for hydroxylation is 2. The largest absolute Gasteiger partial charge is 0.381 e. The van der Waals surface area contributed by atoms with E-state index in [9.17, 15) is 4.79 Å². The number of benzene rings is 1. The molecule has 0 spiro atoms. The van der Waals surface area contributed by atoms with Gasteiger partial charge < -0.3 is 10.1 Å². The second-order valence-corrected chi connectivity index (χ2v) is 8.18. The monoisotopic (exact) mass is 369 g/mol. The average molecular weight is 370 g/mol. The van der Waals surface area contributed by atoms with Crippen LogP contribution in [0.5, 0.6) is 0 Å². The summed E-state index contributed by atoms with van der Waals surface area (Å²) in [6.45, 7) is 8.49. The zero-order valence-corrected chi connectivity index (χ0v) is 16.9. The van der Waals surface area contributed by atoms with Crippen LogP contribution in [-0.2, 0) is 23.6 Å². The Bertz CT molecular complexity index is 771. The van der Waals surface area contributed by atoms with Crippen LogP contribution in [0.1, 0.15) is 54.0 Å². The van der Waals surface area contributed by atoms with Gasteiger partial charge in [0.05, 0.1) is 5.69 Å². The van der Waals surface area contributed by atoms with E-state index in [1.54, 1.807) is 4.68 Å². The van der Waals surface area contributed by atoms with E-state index >= 15 is 0 Å². The minimum atomic E-state index is -0.0685. The minimum Gasteiger partial charge on any atom is -0.381 e. The van der Waals surface area contributed by atoms with Gasteiger partial charge in [-0.3, -0.25) is 9.48 Å². The van der Waals surface area contributed by atoms with Crippen molar-refractivity contribution in [3.63, 3.8) is 0 Å². The third kappa shape index (κ3) is 4.59. The molecule has 0 radical (unpaired) electrons. The number of amides is 1. The third-order valence-electron chi connectivity index (χ3n) is 5.48. The van der Waals surface area contributed by atoms with Gasteiger partial charge in [-0.2, -0.15) is 5.10 Å². The predicted octanol–water partition coefficient (Wildman–Crippen LogP) is 3.41. The van der Waals surface area contributed by atoms with E-state index in [-0.39, 0.29) is 11.3 Å². The maximum Gasteiger partial charge on any atom is 0.269 e. The molecule has 1 aliphatic rings. The molecule has 0 atom stereocenters.